The summed E-state index contributed by atoms with van der Waals surface area (Å²) >= 11 is 0. The average Bonchev–Trinajstić information content (AvgIpc) is 2.17. The summed E-state index contributed by atoms with van der Waals surface area (Å²) in [7, 11) is -1.35. The molecule has 0 aromatic carbocycles. The highest BCUT2D eigenvalue weighted by atomic mass is 28.3. The monoisotopic (exact) mass is 231 g/mol. The molecule has 0 aromatic rings. The van der Waals surface area contributed by atoms with Crippen LogP contribution in [0.1, 0.15) is 40.5 Å². The van der Waals surface area contributed by atoms with Gasteiger partial charge >= 0.3 is 9.28 Å². The predicted molar refractivity (Wildman–Crippen MR) is 68.1 cm³/mol. The van der Waals surface area contributed by atoms with Crippen molar-refractivity contribution < 1.29 is 8.85 Å². The van der Waals surface area contributed by atoms with E-state index in [1.807, 2.05) is 27.7 Å². The zero-order valence-electron chi connectivity index (χ0n) is 10.6. The molecule has 0 rings (SSSR count). The standard InChI is InChI=1S/C11H25NO2Si/c1-5-13-15(14-6-2)10-8-7-9-12-11(3)4/h15H,5-10H2,1-4H3. The fourth-order valence-corrected chi connectivity index (χ4v) is 3.11. The topological polar surface area (TPSA) is 30.8 Å². The molecule has 0 amide bonds. The molecular formula is C11H25NO2Si. The highest BCUT2D eigenvalue weighted by molar-refractivity contribution is 6.44. The van der Waals surface area contributed by atoms with Crippen molar-refractivity contribution in [3.8, 4) is 0 Å². The van der Waals surface area contributed by atoms with Crippen molar-refractivity contribution in [3.05, 3.63) is 0 Å². The molecule has 0 aliphatic rings. The Morgan fingerprint density at radius 3 is 2.13 bits per heavy atom. The molecule has 0 fully saturated rings. The van der Waals surface area contributed by atoms with Gasteiger partial charge in [-0.1, -0.05) is 0 Å². The minimum Gasteiger partial charge on any atom is -0.397 e. The lowest BCUT2D eigenvalue weighted by Gasteiger charge is -2.13. The molecule has 0 heterocycles. The summed E-state index contributed by atoms with van der Waals surface area (Å²) in [5, 5.41) is 0. The first-order chi connectivity index (χ1) is 7.20. The van der Waals surface area contributed by atoms with Gasteiger partial charge < -0.3 is 8.85 Å². The Morgan fingerprint density at radius 1 is 1.07 bits per heavy atom. The van der Waals surface area contributed by atoms with Gasteiger partial charge in [0.25, 0.3) is 0 Å². The van der Waals surface area contributed by atoms with Crippen molar-refractivity contribution in [2.75, 3.05) is 19.8 Å². The van der Waals surface area contributed by atoms with Crippen LogP contribution in [0.15, 0.2) is 4.99 Å². The first-order valence-electron chi connectivity index (χ1n) is 5.91. The summed E-state index contributed by atoms with van der Waals surface area (Å²) in [6, 6.07) is 1.11. The van der Waals surface area contributed by atoms with Crippen LogP contribution in [-0.4, -0.2) is 34.8 Å². The van der Waals surface area contributed by atoms with Crippen molar-refractivity contribution in [2.24, 2.45) is 4.99 Å². The summed E-state index contributed by atoms with van der Waals surface area (Å²) in [4.78, 5) is 4.36. The molecule has 0 aromatic heterocycles. The van der Waals surface area contributed by atoms with Gasteiger partial charge in [0.15, 0.2) is 0 Å². The summed E-state index contributed by atoms with van der Waals surface area (Å²) < 4.78 is 11.2. The number of hydrogen-bond acceptors (Lipinski definition) is 3. The van der Waals surface area contributed by atoms with Crippen molar-refractivity contribution in [1.82, 2.24) is 0 Å². The Labute approximate surface area is 95.7 Å². The Kier molecular flexibility index (Phi) is 10.2. The van der Waals surface area contributed by atoms with Crippen LogP contribution in [0.5, 0.6) is 0 Å². The van der Waals surface area contributed by atoms with Crippen LogP contribution in [0.2, 0.25) is 6.04 Å². The van der Waals surface area contributed by atoms with Crippen LogP contribution in [0.3, 0.4) is 0 Å². The predicted octanol–water partition coefficient (Wildman–Crippen LogP) is 2.54. The Morgan fingerprint density at radius 2 is 1.67 bits per heavy atom. The van der Waals surface area contributed by atoms with Gasteiger partial charge in [-0.2, -0.15) is 0 Å². The van der Waals surface area contributed by atoms with E-state index >= 15 is 0 Å². The first-order valence-corrected chi connectivity index (χ1v) is 7.67. The molecule has 4 heteroatoms. The molecule has 0 saturated carbocycles. The number of rotatable bonds is 9. The second kappa shape index (κ2) is 10.3. The van der Waals surface area contributed by atoms with Gasteiger partial charge in [-0.15, -0.1) is 0 Å². The first kappa shape index (κ1) is 14.8. The van der Waals surface area contributed by atoms with Gasteiger partial charge in [0.1, 0.15) is 0 Å². The number of nitrogens with zero attached hydrogens (tertiary/aromatic N) is 1. The summed E-state index contributed by atoms with van der Waals surface area (Å²) in [6.07, 6.45) is 2.32. The minimum absolute atomic E-state index is 0.781. The lowest BCUT2D eigenvalue weighted by Crippen LogP contribution is -2.22. The number of hydrogen-bond donors (Lipinski definition) is 0. The zero-order chi connectivity index (χ0) is 11.5. The molecule has 0 atom stereocenters. The highest BCUT2D eigenvalue weighted by Crippen LogP contribution is 2.04. The van der Waals surface area contributed by atoms with Gasteiger partial charge in [0, 0.05) is 25.5 Å². The number of aliphatic imine (C=N–C) groups is 1. The molecule has 0 N–H and O–H groups in total. The smallest absolute Gasteiger partial charge is 0.321 e. The fourth-order valence-electron chi connectivity index (χ4n) is 1.31. The van der Waals surface area contributed by atoms with Crippen LogP contribution in [0, 0.1) is 0 Å². The van der Waals surface area contributed by atoms with Gasteiger partial charge in [-0.3, -0.25) is 4.99 Å². The Bertz CT molecular complexity index is 164. The van der Waals surface area contributed by atoms with Gasteiger partial charge in [0.05, 0.1) is 0 Å². The van der Waals surface area contributed by atoms with Gasteiger partial charge in [-0.25, -0.2) is 0 Å². The van der Waals surface area contributed by atoms with Crippen LogP contribution in [0.4, 0.5) is 0 Å². The van der Waals surface area contributed by atoms with Crippen molar-refractivity contribution in [3.63, 3.8) is 0 Å². The minimum atomic E-state index is -1.35. The van der Waals surface area contributed by atoms with Crippen LogP contribution >= 0.6 is 0 Å². The molecule has 0 aliphatic heterocycles. The maximum absolute atomic E-state index is 5.59. The van der Waals surface area contributed by atoms with E-state index in [0.29, 0.717) is 0 Å². The van der Waals surface area contributed by atoms with E-state index in [2.05, 4.69) is 4.99 Å². The third-order valence-electron chi connectivity index (χ3n) is 1.98. The van der Waals surface area contributed by atoms with Crippen LogP contribution in [-0.2, 0) is 8.85 Å². The summed E-state index contributed by atoms with van der Waals surface area (Å²) in [5.74, 6) is 0. The average molecular weight is 231 g/mol. The summed E-state index contributed by atoms with van der Waals surface area (Å²) in [6.45, 7) is 10.7. The zero-order valence-corrected chi connectivity index (χ0v) is 11.7. The molecule has 15 heavy (non-hydrogen) atoms. The van der Waals surface area contributed by atoms with Crippen LogP contribution < -0.4 is 0 Å². The molecule has 0 unspecified atom stereocenters. The maximum atomic E-state index is 5.59. The maximum Gasteiger partial charge on any atom is 0.321 e. The Balaban J connectivity index is 3.48. The van der Waals surface area contributed by atoms with Crippen molar-refractivity contribution >= 4 is 15.0 Å². The van der Waals surface area contributed by atoms with E-state index in [1.165, 1.54) is 12.1 Å². The van der Waals surface area contributed by atoms with E-state index in [0.717, 1.165) is 32.2 Å². The van der Waals surface area contributed by atoms with E-state index in [4.69, 9.17) is 8.85 Å². The second-order valence-corrected chi connectivity index (χ2v) is 5.77. The van der Waals surface area contributed by atoms with Gasteiger partial charge in [0.2, 0.25) is 0 Å². The highest BCUT2D eigenvalue weighted by Gasteiger charge is 2.10. The molecule has 90 valence electrons. The van der Waals surface area contributed by atoms with E-state index in [1.54, 1.807) is 0 Å². The summed E-state index contributed by atoms with van der Waals surface area (Å²) in [5.41, 5.74) is 1.17. The van der Waals surface area contributed by atoms with E-state index in [9.17, 15) is 0 Å². The SMILES string of the molecule is CCO[SiH](CCCCN=C(C)C)OCC. The molecule has 0 spiro atoms. The van der Waals surface area contributed by atoms with Gasteiger partial charge in [-0.05, 0) is 46.6 Å². The van der Waals surface area contributed by atoms with E-state index in [-0.39, 0.29) is 0 Å². The molecular weight excluding hydrogens is 206 g/mol. The van der Waals surface area contributed by atoms with Crippen molar-refractivity contribution in [1.29, 1.82) is 0 Å². The lowest BCUT2D eigenvalue weighted by atomic mass is 10.3. The normalized spacial score (nSPS) is 10.7. The third-order valence-corrected chi connectivity index (χ3v) is 4.27. The second-order valence-electron chi connectivity index (χ2n) is 3.66. The molecule has 0 saturated heterocycles. The molecule has 0 bridgehead atoms. The van der Waals surface area contributed by atoms with Crippen molar-refractivity contribution in [2.45, 2.75) is 46.6 Å². The largest absolute Gasteiger partial charge is 0.397 e. The molecule has 0 aliphatic carbocycles. The molecule has 3 nitrogen and oxygen atoms in total. The molecule has 0 radical (unpaired) electrons. The quantitative estimate of drug-likeness (QED) is 0.347. The number of unbranched alkanes of at least 4 members (excludes halogenated alkanes) is 1. The van der Waals surface area contributed by atoms with Crippen LogP contribution in [0.25, 0.3) is 0 Å². The third kappa shape index (κ3) is 10.1. The lowest BCUT2D eigenvalue weighted by molar-refractivity contribution is 0.212. The Hall–Kier alpha value is -0.193. The van der Waals surface area contributed by atoms with E-state index < -0.39 is 9.28 Å². The fraction of sp³-hybridized carbons (Fsp3) is 0.909.